The minimum Gasteiger partial charge on any atom is -0.392 e. The molecular formula is C24H32N2O2S3. The minimum atomic E-state index is -0.452. The molecule has 7 heteroatoms. The van der Waals surface area contributed by atoms with Gasteiger partial charge in [0.05, 0.1) is 11.8 Å². The molecule has 2 aromatic heterocycles. The summed E-state index contributed by atoms with van der Waals surface area (Å²) < 4.78 is 0. The van der Waals surface area contributed by atoms with Gasteiger partial charge in [-0.25, -0.2) is 4.98 Å². The molecule has 0 spiro atoms. The average Bonchev–Trinajstić information content (AvgIpc) is 3.43. The van der Waals surface area contributed by atoms with Crippen LogP contribution in [0, 0.1) is 23.2 Å². The number of aliphatic hydroxyl groups is 1. The molecule has 1 N–H and O–H groups in total. The summed E-state index contributed by atoms with van der Waals surface area (Å²) in [7, 11) is 0. The number of carbonyl (C=O) groups excluding carboxylic acids is 1. The molecule has 168 valence electrons. The molecule has 6 unspecified atom stereocenters. The highest BCUT2D eigenvalue weighted by atomic mass is 32.2. The third-order valence-electron chi connectivity index (χ3n) is 8.04. The summed E-state index contributed by atoms with van der Waals surface area (Å²) in [6.07, 6.45) is 2.55. The first-order valence-corrected chi connectivity index (χ1v) is 14.4. The lowest BCUT2D eigenvalue weighted by atomic mass is 9.53. The number of nitrogens with zero attached hydrogens (tertiary/aromatic N) is 2. The molecule has 1 aliphatic heterocycles. The largest absolute Gasteiger partial charge is 0.392 e. The van der Waals surface area contributed by atoms with Gasteiger partial charge in [-0.05, 0) is 48.0 Å². The molecule has 2 aromatic rings. The normalized spacial score (nSPS) is 34.1. The predicted octanol–water partition coefficient (Wildman–Crippen LogP) is 5.14. The molecule has 6 atom stereocenters. The van der Waals surface area contributed by atoms with Crippen LogP contribution in [0.1, 0.15) is 50.1 Å². The van der Waals surface area contributed by atoms with E-state index < -0.39 is 6.10 Å². The molecule has 5 rings (SSSR count). The van der Waals surface area contributed by atoms with Crippen LogP contribution in [0.15, 0.2) is 16.8 Å². The Labute approximate surface area is 197 Å². The van der Waals surface area contributed by atoms with E-state index in [1.54, 1.807) is 11.3 Å². The fourth-order valence-electron chi connectivity index (χ4n) is 6.31. The molecule has 2 fully saturated rings. The van der Waals surface area contributed by atoms with Gasteiger partial charge < -0.3 is 10.0 Å². The maximum Gasteiger partial charge on any atom is 0.225 e. The zero-order valence-corrected chi connectivity index (χ0v) is 21.0. The van der Waals surface area contributed by atoms with Crippen molar-refractivity contribution in [2.75, 3.05) is 24.6 Å². The van der Waals surface area contributed by atoms with Crippen molar-refractivity contribution < 1.29 is 9.90 Å². The van der Waals surface area contributed by atoms with Crippen LogP contribution in [0.4, 0.5) is 0 Å². The van der Waals surface area contributed by atoms with Crippen LogP contribution in [-0.4, -0.2) is 51.6 Å². The topological polar surface area (TPSA) is 53.4 Å². The second-order valence-corrected chi connectivity index (χ2v) is 13.0. The lowest BCUT2D eigenvalue weighted by Crippen LogP contribution is -2.54. The number of thioether (sulfide) groups is 1. The van der Waals surface area contributed by atoms with Crippen LogP contribution >= 0.6 is 34.4 Å². The highest BCUT2D eigenvalue weighted by Gasteiger charge is 2.54. The molecule has 2 aliphatic carbocycles. The Kier molecular flexibility index (Phi) is 5.99. The SMILES string of the molecule is CC(C(=O)N1CCSCC1)C1CCC2(C)Cc3sc(-c4ccsc4)nc3C(C)C2C1O. The molecule has 1 saturated carbocycles. The lowest BCUT2D eigenvalue weighted by Gasteiger charge is -2.53. The number of aromatic nitrogens is 1. The maximum absolute atomic E-state index is 13.2. The van der Waals surface area contributed by atoms with Crippen LogP contribution in [0.2, 0.25) is 0 Å². The molecule has 1 saturated heterocycles. The molecule has 0 bridgehead atoms. The molecule has 1 amide bonds. The number of hydrogen-bond acceptors (Lipinski definition) is 6. The monoisotopic (exact) mass is 476 g/mol. The number of thiophene rings is 1. The van der Waals surface area contributed by atoms with Crippen LogP contribution in [0.5, 0.6) is 0 Å². The fraction of sp³-hybridized carbons (Fsp3) is 0.667. The van der Waals surface area contributed by atoms with Gasteiger partial charge >= 0.3 is 0 Å². The molecule has 0 radical (unpaired) electrons. The number of carbonyl (C=O) groups is 1. The van der Waals surface area contributed by atoms with Gasteiger partial charge in [-0.2, -0.15) is 23.1 Å². The molecule has 4 nitrogen and oxygen atoms in total. The van der Waals surface area contributed by atoms with Crippen LogP contribution in [-0.2, 0) is 11.2 Å². The second-order valence-electron chi connectivity index (χ2n) is 9.90. The molecule has 0 aromatic carbocycles. The number of thiazole rings is 1. The maximum atomic E-state index is 13.2. The van der Waals surface area contributed by atoms with Gasteiger partial charge in [0.25, 0.3) is 0 Å². The summed E-state index contributed by atoms with van der Waals surface area (Å²) in [6, 6.07) is 2.14. The van der Waals surface area contributed by atoms with E-state index in [9.17, 15) is 9.90 Å². The van der Waals surface area contributed by atoms with Crippen molar-refractivity contribution in [1.29, 1.82) is 0 Å². The van der Waals surface area contributed by atoms with E-state index in [-0.39, 0.29) is 35.0 Å². The third kappa shape index (κ3) is 3.79. The van der Waals surface area contributed by atoms with Gasteiger partial charge in [-0.15, -0.1) is 11.3 Å². The number of rotatable bonds is 3. The Bertz CT molecular complexity index is 937. The standard InChI is InChI=1S/C24H32N2O2S3/c1-14(23(28)26-7-10-29-11-8-26)17-4-6-24(3)12-18-20(15(2)19(24)21(17)27)25-22(31-18)16-5-9-30-13-16/h5,9,13-15,17,19,21,27H,4,6-8,10-12H2,1-3H3. The smallest absolute Gasteiger partial charge is 0.225 e. The first-order valence-electron chi connectivity index (χ1n) is 11.5. The Morgan fingerprint density at radius 2 is 2.13 bits per heavy atom. The van der Waals surface area contributed by atoms with Crippen molar-refractivity contribution in [2.45, 2.75) is 52.1 Å². The second kappa shape index (κ2) is 8.47. The summed E-state index contributed by atoms with van der Waals surface area (Å²) in [6.45, 7) is 8.35. The Morgan fingerprint density at radius 1 is 1.35 bits per heavy atom. The zero-order chi connectivity index (χ0) is 21.8. The first-order chi connectivity index (χ1) is 14.9. The fourth-order valence-corrected chi connectivity index (χ4v) is 9.29. The van der Waals surface area contributed by atoms with Crippen molar-refractivity contribution in [2.24, 2.45) is 23.2 Å². The highest BCUT2D eigenvalue weighted by Crippen LogP contribution is 2.57. The van der Waals surface area contributed by atoms with Crippen LogP contribution in [0.3, 0.4) is 0 Å². The summed E-state index contributed by atoms with van der Waals surface area (Å²) in [5.74, 6) is 2.59. The van der Waals surface area contributed by atoms with E-state index in [1.807, 2.05) is 28.0 Å². The van der Waals surface area contributed by atoms with Crippen LogP contribution < -0.4 is 0 Å². The van der Waals surface area contributed by atoms with E-state index in [0.717, 1.165) is 48.9 Å². The van der Waals surface area contributed by atoms with E-state index in [1.165, 1.54) is 16.1 Å². The summed E-state index contributed by atoms with van der Waals surface area (Å²) in [4.78, 5) is 21.7. The van der Waals surface area contributed by atoms with Gasteiger partial charge in [0, 0.05) is 52.3 Å². The molecular weight excluding hydrogens is 444 g/mol. The Balaban J connectivity index is 1.40. The van der Waals surface area contributed by atoms with Gasteiger partial charge in [-0.1, -0.05) is 20.8 Å². The minimum absolute atomic E-state index is 0.0409. The number of amides is 1. The van der Waals surface area contributed by atoms with Gasteiger partial charge in [0.15, 0.2) is 0 Å². The van der Waals surface area contributed by atoms with Crippen molar-refractivity contribution in [1.82, 2.24) is 9.88 Å². The summed E-state index contributed by atoms with van der Waals surface area (Å²) in [5.41, 5.74) is 2.47. The van der Waals surface area contributed by atoms with E-state index >= 15 is 0 Å². The Morgan fingerprint density at radius 3 is 2.84 bits per heavy atom. The van der Waals surface area contributed by atoms with Crippen molar-refractivity contribution >= 4 is 40.3 Å². The van der Waals surface area contributed by atoms with E-state index in [0.29, 0.717) is 0 Å². The van der Waals surface area contributed by atoms with Crippen LogP contribution in [0.25, 0.3) is 10.6 Å². The number of fused-ring (bicyclic) bond motifs is 2. The molecule has 3 aliphatic rings. The lowest BCUT2D eigenvalue weighted by molar-refractivity contribution is -0.144. The van der Waals surface area contributed by atoms with Crippen molar-refractivity contribution in [3.8, 4) is 10.6 Å². The van der Waals surface area contributed by atoms with Gasteiger partial charge in [-0.3, -0.25) is 4.79 Å². The van der Waals surface area contributed by atoms with E-state index in [2.05, 4.69) is 37.6 Å². The predicted molar refractivity (Wildman–Crippen MR) is 131 cm³/mol. The third-order valence-corrected chi connectivity index (χ3v) is 10.8. The number of hydrogen-bond donors (Lipinski definition) is 1. The number of aliphatic hydroxyl groups excluding tert-OH is 1. The van der Waals surface area contributed by atoms with Gasteiger partial charge in [0.1, 0.15) is 5.01 Å². The first kappa shape index (κ1) is 21.9. The molecule has 31 heavy (non-hydrogen) atoms. The average molecular weight is 477 g/mol. The van der Waals surface area contributed by atoms with Crippen molar-refractivity contribution in [3.63, 3.8) is 0 Å². The van der Waals surface area contributed by atoms with E-state index in [4.69, 9.17) is 4.98 Å². The highest BCUT2D eigenvalue weighted by molar-refractivity contribution is 7.99. The molecule has 3 heterocycles. The zero-order valence-electron chi connectivity index (χ0n) is 18.5. The summed E-state index contributed by atoms with van der Waals surface area (Å²) >= 11 is 5.47. The van der Waals surface area contributed by atoms with Gasteiger partial charge in [0.2, 0.25) is 5.91 Å². The quantitative estimate of drug-likeness (QED) is 0.667. The van der Waals surface area contributed by atoms with Crippen molar-refractivity contribution in [3.05, 3.63) is 27.4 Å². The Hall–Kier alpha value is -0.890. The summed E-state index contributed by atoms with van der Waals surface area (Å²) in [5, 5.41) is 17.0.